The molecule has 0 amide bonds. The van der Waals surface area contributed by atoms with Crippen molar-refractivity contribution in [2.45, 2.75) is 32.6 Å². The second-order valence-electron chi connectivity index (χ2n) is 4.11. The minimum absolute atomic E-state index is 0.0236. The fourth-order valence-electron chi connectivity index (χ4n) is 1.38. The number of aliphatic hydroxyl groups is 1. The van der Waals surface area contributed by atoms with Gasteiger partial charge in [-0.25, -0.2) is 0 Å². The van der Waals surface area contributed by atoms with Gasteiger partial charge in [0, 0.05) is 20.6 Å². The van der Waals surface area contributed by atoms with E-state index in [0.717, 1.165) is 0 Å². The van der Waals surface area contributed by atoms with Crippen LogP contribution >= 0.6 is 0 Å². The highest BCUT2D eigenvalue weighted by molar-refractivity contribution is 4.83. The Balaban J connectivity index is 2.08. The Labute approximate surface area is 106 Å². The quantitative estimate of drug-likeness (QED) is 0.639. The van der Waals surface area contributed by atoms with Crippen molar-refractivity contribution in [3.05, 3.63) is 11.7 Å². The maximum atomic E-state index is 9.66. The van der Waals surface area contributed by atoms with Gasteiger partial charge in [-0.2, -0.15) is 4.98 Å². The van der Waals surface area contributed by atoms with E-state index in [1.54, 1.807) is 14.0 Å². The molecule has 7 heteroatoms. The van der Waals surface area contributed by atoms with Gasteiger partial charge in [0.2, 0.25) is 5.89 Å². The van der Waals surface area contributed by atoms with Crippen molar-refractivity contribution in [2.24, 2.45) is 0 Å². The van der Waals surface area contributed by atoms with E-state index < -0.39 is 6.10 Å². The molecule has 2 atom stereocenters. The van der Waals surface area contributed by atoms with Gasteiger partial charge >= 0.3 is 0 Å². The standard InChI is InChI=1S/C11H21N3O4/c1-8(6-16-3)17-7-10(15)4-12-5-11-13-9(2)18-14-11/h8,10,12,15H,4-7H2,1-3H3. The molecule has 2 N–H and O–H groups in total. The van der Waals surface area contributed by atoms with Crippen molar-refractivity contribution in [3.8, 4) is 0 Å². The third-order valence-corrected chi connectivity index (χ3v) is 2.21. The van der Waals surface area contributed by atoms with Gasteiger partial charge in [0.1, 0.15) is 0 Å². The van der Waals surface area contributed by atoms with Crippen LogP contribution in [-0.2, 0) is 16.0 Å². The van der Waals surface area contributed by atoms with Crippen LogP contribution in [0.15, 0.2) is 4.52 Å². The lowest BCUT2D eigenvalue weighted by atomic mass is 10.3. The van der Waals surface area contributed by atoms with E-state index in [1.807, 2.05) is 6.92 Å². The number of hydrogen-bond acceptors (Lipinski definition) is 7. The summed E-state index contributed by atoms with van der Waals surface area (Å²) in [7, 11) is 1.62. The Morgan fingerprint density at radius 1 is 1.44 bits per heavy atom. The molecule has 0 aromatic carbocycles. The third kappa shape index (κ3) is 6.06. The summed E-state index contributed by atoms with van der Waals surface area (Å²) in [5.74, 6) is 1.11. The van der Waals surface area contributed by atoms with E-state index in [9.17, 15) is 5.11 Å². The lowest BCUT2D eigenvalue weighted by Crippen LogP contribution is -2.32. The van der Waals surface area contributed by atoms with Crippen LogP contribution in [0.5, 0.6) is 0 Å². The van der Waals surface area contributed by atoms with Crippen LogP contribution in [0.4, 0.5) is 0 Å². The highest BCUT2D eigenvalue weighted by Crippen LogP contribution is 1.96. The highest BCUT2D eigenvalue weighted by Gasteiger charge is 2.08. The second kappa shape index (κ2) is 8.15. The number of aryl methyl sites for hydroxylation is 1. The molecule has 1 aromatic heterocycles. The molecular weight excluding hydrogens is 238 g/mol. The fourth-order valence-corrected chi connectivity index (χ4v) is 1.38. The molecule has 0 aliphatic heterocycles. The molecule has 104 valence electrons. The van der Waals surface area contributed by atoms with Crippen molar-refractivity contribution < 1.29 is 19.1 Å². The van der Waals surface area contributed by atoms with Gasteiger partial charge in [-0.3, -0.25) is 0 Å². The first-order valence-corrected chi connectivity index (χ1v) is 5.90. The van der Waals surface area contributed by atoms with E-state index in [2.05, 4.69) is 15.5 Å². The zero-order chi connectivity index (χ0) is 13.4. The molecule has 2 unspecified atom stereocenters. The molecule has 1 heterocycles. The Kier molecular flexibility index (Phi) is 6.81. The Morgan fingerprint density at radius 3 is 2.83 bits per heavy atom. The first-order valence-electron chi connectivity index (χ1n) is 5.90. The van der Waals surface area contributed by atoms with Gasteiger partial charge in [0.15, 0.2) is 5.82 Å². The number of aromatic nitrogens is 2. The third-order valence-electron chi connectivity index (χ3n) is 2.21. The van der Waals surface area contributed by atoms with E-state index in [1.165, 1.54) is 0 Å². The summed E-state index contributed by atoms with van der Waals surface area (Å²) >= 11 is 0. The molecular formula is C11H21N3O4. The molecule has 0 aliphatic rings. The lowest BCUT2D eigenvalue weighted by Gasteiger charge is -2.15. The normalized spacial score (nSPS) is 14.7. The first-order chi connectivity index (χ1) is 8.61. The average Bonchev–Trinajstić information content (AvgIpc) is 2.73. The van der Waals surface area contributed by atoms with Crippen molar-refractivity contribution in [1.82, 2.24) is 15.5 Å². The van der Waals surface area contributed by atoms with Gasteiger partial charge in [0.25, 0.3) is 0 Å². The smallest absolute Gasteiger partial charge is 0.223 e. The van der Waals surface area contributed by atoms with Crippen molar-refractivity contribution in [2.75, 3.05) is 26.9 Å². The van der Waals surface area contributed by atoms with Crippen molar-refractivity contribution in [3.63, 3.8) is 0 Å². The molecule has 1 rings (SSSR count). The van der Waals surface area contributed by atoms with Gasteiger partial charge in [0.05, 0.1) is 32.0 Å². The molecule has 7 nitrogen and oxygen atoms in total. The minimum Gasteiger partial charge on any atom is -0.389 e. The molecule has 18 heavy (non-hydrogen) atoms. The molecule has 1 aromatic rings. The second-order valence-corrected chi connectivity index (χ2v) is 4.11. The highest BCUT2D eigenvalue weighted by atomic mass is 16.5. The summed E-state index contributed by atoms with van der Waals surface area (Å²) in [6.45, 7) is 5.28. The van der Waals surface area contributed by atoms with Gasteiger partial charge in [-0.05, 0) is 6.92 Å². The zero-order valence-corrected chi connectivity index (χ0v) is 11.0. The lowest BCUT2D eigenvalue weighted by molar-refractivity contribution is -0.0311. The molecule has 0 spiro atoms. The maximum Gasteiger partial charge on any atom is 0.223 e. The van der Waals surface area contributed by atoms with Crippen LogP contribution in [-0.4, -0.2) is 54.3 Å². The number of nitrogens with zero attached hydrogens (tertiary/aromatic N) is 2. The summed E-state index contributed by atoms with van der Waals surface area (Å²) < 4.78 is 15.1. The van der Waals surface area contributed by atoms with Crippen LogP contribution < -0.4 is 5.32 Å². The van der Waals surface area contributed by atoms with Gasteiger partial charge < -0.3 is 24.4 Å². The van der Waals surface area contributed by atoms with Crippen molar-refractivity contribution >= 4 is 0 Å². The Hall–Kier alpha value is -1.02. The molecule has 0 aliphatic carbocycles. The summed E-state index contributed by atoms with van der Waals surface area (Å²) in [6, 6.07) is 0. The number of ether oxygens (including phenoxy) is 2. The number of methoxy groups -OCH3 is 1. The molecule has 0 saturated carbocycles. The van der Waals surface area contributed by atoms with Crippen molar-refractivity contribution in [1.29, 1.82) is 0 Å². The van der Waals surface area contributed by atoms with Crippen LogP contribution in [0.25, 0.3) is 0 Å². The van der Waals surface area contributed by atoms with Gasteiger partial charge in [-0.15, -0.1) is 0 Å². The van der Waals surface area contributed by atoms with E-state index in [-0.39, 0.29) is 12.7 Å². The largest absolute Gasteiger partial charge is 0.389 e. The Bertz CT molecular complexity index is 332. The first kappa shape index (κ1) is 15.0. The Morgan fingerprint density at radius 2 is 2.22 bits per heavy atom. The number of nitrogens with one attached hydrogen (secondary N) is 1. The van der Waals surface area contributed by atoms with Crippen LogP contribution in [0.2, 0.25) is 0 Å². The summed E-state index contributed by atoms with van der Waals surface area (Å²) in [4.78, 5) is 4.04. The monoisotopic (exact) mass is 259 g/mol. The van der Waals surface area contributed by atoms with E-state index in [4.69, 9.17) is 14.0 Å². The predicted octanol–water partition coefficient (Wildman–Crippen LogP) is -0.120. The van der Waals surface area contributed by atoms with E-state index in [0.29, 0.717) is 31.4 Å². The average molecular weight is 259 g/mol. The predicted molar refractivity (Wildman–Crippen MR) is 64.0 cm³/mol. The maximum absolute atomic E-state index is 9.66. The minimum atomic E-state index is -0.572. The number of aliphatic hydroxyl groups excluding tert-OH is 1. The fraction of sp³-hybridized carbons (Fsp3) is 0.818. The van der Waals surface area contributed by atoms with Crippen LogP contribution in [0.1, 0.15) is 18.6 Å². The van der Waals surface area contributed by atoms with Crippen LogP contribution in [0, 0.1) is 6.92 Å². The summed E-state index contributed by atoms with van der Waals surface area (Å²) in [6.07, 6.45) is -0.596. The molecule has 0 fully saturated rings. The molecule has 0 saturated heterocycles. The zero-order valence-electron chi connectivity index (χ0n) is 11.0. The summed E-state index contributed by atoms with van der Waals surface area (Å²) in [5, 5.41) is 16.4. The molecule has 0 radical (unpaired) electrons. The van der Waals surface area contributed by atoms with E-state index >= 15 is 0 Å². The van der Waals surface area contributed by atoms with Gasteiger partial charge in [-0.1, -0.05) is 5.16 Å². The topological polar surface area (TPSA) is 89.6 Å². The van der Waals surface area contributed by atoms with Crippen LogP contribution in [0.3, 0.4) is 0 Å². The summed E-state index contributed by atoms with van der Waals surface area (Å²) in [5.41, 5.74) is 0. The SMILES string of the molecule is COCC(C)OCC(O)CNCc1noc(C)n1. The number of rotatable bonds is 9. The number of hydrogen-bond donors (Lipinski definition) is 2. The molecule has 0 bridgehead atoms.